The molecule has 1 saturated heterocycles. The standard InChI is InChI=1S/C15H25N2O5PS/c18-12(16-6-8-23)4-2-1-3-7-17-13(19)10-11(15(17)22)24-9-5-14(20)21/h11H,1-10,23H2,(H,16,18)(H,20,21). The van der Waals surface area contributed by atoms with Gasteiger partial charge >= 0.3 is 5.97 Å². The lowest BCUT2D eigenvalue weighted by Gasteiger charge is -2.14. The van der Waals surface area contributed by atoms with Crippen molar-refractivity contribution in [1.29, 1.82) is 0 Å². The van der Waals surface area contributed by atoms with Crippen LogP contribution in [0, 0.1) is 0 Å². The summed E-state index contributed by atoms with van der Waals surface area (Å²) in [5.74, 6) is -0.948. The number of carboxylic acids is 1. The summed E-state index contributed by atoms with van der Waals surface area (Å²) in [7, 11) is 2.55. The first kappa shape index (κ1) is 20.9. The van der Waals surface area contributed by atoms with E-state index in [9.17, 15) is 19.2 Å². The number of aliphatic carboxylic acids is 1. The number of unbranched alkanes of at least 4 members (excludes halogenated alkanes) is 2. The summed E-state index contributed by atoms with van der Waals surface area (Å²) >= 11 is 1.24. The molecule has 3 amide bonds. The highest BCUT2D eigenvalue weighted by molar-refractivity contribution is 8.00. The molecule has 1 rings (SSSR count). The Hall–Kier alpha value is -1.14. The number of rotatable bonds is 12. The van der Waals surface area contributed by atoms with Crippen molar-refractivity contribution in [2.45, 2.75) is 43.8 Å². The van der Waals surface area contributed by atoms with Crippen LogP contribution < -0.4 is 5.32 Å². The van der Waals surface area contributed by atoms with Crippen LogP contribution in [0.5, 0.6) is 0 Å². The van der Waals surface area contributed by atoms with Crippen molar-refractivity contribution in [2.24, 2.45) is 0 Å². The van der Waals surface area contributed by atoms with Crippen molar-refractivity contribution >= 4 is 44.7 Å². The van der Waals surface area contributed by atoms with Gasteiger partial charge < -0.3 is 10.4 Å². The number of thioether (sulfide) groups is 1. The van der Waals surface area contributed by atoms with E-state index in [1.54, 1.807) is 0 Å². The van der Waals surface area contributed by atoms with Gasteiger partial charge in [-0.3, -0.25) is 24.1 Å². The molecule has 0 radical (unpaired) electrons. The van der Waals surface area contributed by atoms with Crippen LogP contribution in [0.25, 0.3) is 0 Å². The molecule has 2 N–H and O–H groups in total. The Kier molecular flexibility index (Phi) is 9.95. The fourth-order valence-corrected chi connectivity index (χ4v) is 3.59. The predicted molar refractivity (Wildman–Crippen MR) is 95.9 cm³/mol. The summed E-state index contributed by atoms with van der Waals surface area (Å²) in [5, 5.41) is 10.9. The Labute approximate surface area is 148 Å². The molecule has 0 spiro atoms. The van der Waals surface area contributed by atoms with Crippen LogP contribution in [0.4, 0.5) is 0 Å². The topological polar surface area (TPSA) is 104 Å². The van der Waals surface area contributed by atoms with Crippen LogP contribution >= 0.6 is 21.0 Å². The average molecular weight is 376 g/mol. The van der Waals surface area contributed by atoms with E-state index in [1.807, 2.05) is 0 Å². The molecule has 1 aliphatic rings. The van der Waals surface area contributed by atoms with Crippen LogP contribution in [0.15, 0.2) is 0 Å². The van der Waals surface area contributed by atoms with Crippen LogP contribution in [0.2, 0.25) is 0 Å². The fraction of sp³-hybridized carbons (Fsp3) is 0.733. The maximum atomic E-state index is 12.2. The summed E-state index contributed by atoms with van der Waals surface area (Å²) in [6.45, 7) is 1.03. The van der Waals surface area contributed by atoms with E-state index in [4.69, 9.17) is 5.11 Å². The van der Waals surface area contributed by atoms with E-state index in [0.29, 0.717) is 31.7 Å². The van der Waals surface area contributed by atoms with Gasteiger partial charge in [-0.15, -0.1) is 21.0 Å². The van der Waals surface area contributed by atoms with E-state index in [1.165, 1.54) is 16.7 Å². The monoisotopic (exact) mass is 376 g/mol. The number of carbonyl (C=O) groups excluding carboxylic acids is 3. The van der Waals surface area contributed by atoms with Crippen molar-refractivity contribution in [3.8, 4) is 0 Å². The number of nitrogens with one attached hydrogen (secondary N) is 1. The molecule has 1 fully saturated rings. The summed E-state index contributed by atoms with van der Waals surface area (Å²) < 4.78 is 0. The minimum absolute atomic E-state index is 0.0125. The van der Waals surface area contributed by atoms with Crippen molar-refractivity contribution in [2.75, 3.05) is 25.0 Å². The lowest BCUT2D eigenvalue weighted by Crippen LogP contribution is -2.32. The van der Waals surface area contributed by atoms with Gasteiger partial charge in [-0.2, -0.15) is 0 Å². The normalized spacial score (nSPS) is 17.4. The first-order chi connectivity index (χ1) is 11.5. The highest BCUT2D eigenvalue weighted by Gasteiger charge is 2.38. The summed E-state index contributed by atoms with van der Waals surface area (Å²) in [5.41, 5.74) is 0. The van der Waals surface area contributed by atoms with E-state index < -0.39 is 11.2 Å². The van der Waals surface area contributed by atoms with Crippen molar-refractivity contribution < 1.29 is 24.3 Å². The van der Waals surface area contributed by atoms with Crippen LogP contribution in [0.3, 0.4) is 0 Å². The molecule has 1 aliphatic heterocycles. The smallest absolute Gasteiger partial charge is 0.304 e. The molecule has 0 saturated carbocycles. The first-order valence-electron chi connectivity index (χ1n) is 8.10. The van der Waals surface area contributed by atoms with Crippen molar-refractivity contribution in [3.63, 3.8) is 0 Å². The van der Waals surface area contributed by atoms with Gasteiger partial charge in [0.05, 0.1) is 11.7 Å². The lowest BCUT2D eigenvalue weighted by molar-refractivity contribution is -0.139. The van der Waals surface area contributed by atoms with Gasteiger partial charge in [-0.25, -0.2) is 0 Å². The van der Waals surface area contributed by atoms with E-state index in [2.05, 4.69) is 14.6 Å². The zero-order valence-electron chi connectivity index (χ0n) is 13.7. The highest BCUT2D eigenvalue weighted by atomic mass is 32.2. The molecule has 24 heavy (non-hydrogen) atoms. The molecule has 0 aliphatic carbocycles. The number of amides is 3. The summed E-state index contributed by atoms with van der Waals surface area (Å²) in [6, 6.07) is 0. The van der Waals surface area contributed by atoms with Crippen molar-refractivity contribution in [3.05, 3.63) is 0 Å². The third kappa shape index (κ3) is 7.62. The second-order valence-electron chi connectivity index (χ2n) is 5.54. The van der Waals surface area contributed by atoms with E-state index in [-0.39, 0.29) is 30.6 Å². The number of nitrogens with zero attached hydrogens (tertiary/aromatic N) is 1. The molecule has 0 aromatic carbocycles. The summed E-state index contributed by atoms with van der Waals surface area (Å²) in [4.78, 5) is 47.2. The maximum Gasteiger partial charge on any atom is 0.304 e. The molecule has 0 aromatic heterocycles. The van der Waals surface area contributed by atoms with Crippen LogP contribution in [-0.2, 0) is 19.2 Å². The number of carboxylic acid groups (broad SMARTS) is 1. The Balaban J connectivity index is 2.20. The van der Waals surface area contributed by atoms with Gasteiger partial charge in [0.1, 0.15) is 0 Å². The number of imide groups is 1. The largest absolute Gasteiger partial charge is 0.481 e. The number of carbonyl (C=O) groups is 4. The molecule has 9 heteroatoms. The van der Waals surface area contributed by atoms with Gasteiger partial charge in [0.15, 0.2) is 0 Å². The molecule has 0 aromatic rings. The van der Waals surface area contributed by atoms with E-state index >= 15 is 0 Å². The number of hydrogen-bond donors (Lipinski definition) is 2. The first-order valence-corrected chi connectivity index (χ1v) is 9.96. The van der Waals surface area contributed by atoms with Gasteiger partial charge in [0, 0.05) is 31.7 Å². The molecular formula is C15H25N2O5PS. The number of likely N-dealkylation sites (tertiary alicyclic amines) is 1. The second-order valence-corrected chi connectivity index (χ2v) is 7.43. The maximum absolute atomic E-state index is 12.2. The third-order valence-electron chi connectivity index (χ3n) is 3.59. The molecular weight excluding hydrogens is 351 g/mol. The Bertz CT molecular complexity index is 475. The molecule has 136 valence electrons. The van der Waals surface area contributed by atoms with Gasteiger partial charge in [0.2, 0.25) is 17.7 Å². The van der Waals surface area contributed by atoms with E-state index in [0.717, 1.165) is 19.0 Å². The zero-order chi connectivity index (χ0) is 17.9. The van der Waals surface area contributed by atoms with Gasteiger partial charge in [-0.05, 0) is 19.0 Å². The third-order valence-corrected chi connectivity index (χ3v) is 5.09. The average Bonchev–Trinajstić information content (AvgIpc) is 2.79. The molecule has 7 nitrogen and oxygen atoms in total. The molecule has 2 atom stereocenters. The Morgan fingerprint density at radius 3 is 2.67 bits per heavy atom. The quantitative estimate of drug-likeness (QED) is 0.298. The van der Waals surface area contributed by atoms with Crippen LogP contribution in [0.1, 0.15) is 38.5 Å². The fourth-order valence-electron chi connectivity index (χ4n) is 2.34. The Morgan fingerprint density at radius 1 is 1.25 bits per heavy atom. The zero-order valence-corrected chi connectivity index (χ0v) is 15.6. The Morgan fingerprint density at radius 2 is 2.00 bits per heavy atom. The van der Waals surface area contributed by atoms with Crippen LogP contribution in [-0.4, -0.2) is 64.0 Å². The highest BCUT2D eigenvalue weighted by Crippen LogP contribution is 2.26. The molecule has 2 unspecified atom stereocenters. The lowest BCUT2D eigenvalue weighted by atomic mass is 10.2. The molecule has 1 heterocycles. The predicted octanol–water partition coefficient (Wildman–Crippen LogP) is 0.874. The summed E-state index contributed by atoms with van der Waals surface area (Å²) in [6.07, 6.45) is 3.62. The number of hydrogen-bond acceptors (Lipinski definition) is 5. The molecule has 0 bridgehead atoms. The van der Waals surface area contributed by atoms with Gasteiger partial charge in [-0.1, -0.05) is 6.42 Å². The van der Waals surface area contributed by atoms with Crippen molar-refractivity contribution in [1.82, 2.24) is 10.2 Å². The SMILES string of the molecule is O=C(O)CCSC1CC(=O)N(CCCCCC(=O)NCCP)C1=O. The second kappa shape index (κ2) is 11.4. The minimum atomic E-state index is -0.905. The van der Waals surface area contributed by atoms with Gasteiger partial charge in [0.25, 0.3) is 0 Å². The minimum Gasteiger partial charge on any atom is -0.481 e.